The number of nitrogens with zero attached hydrogens (tertiary/aromatic N) is 3. The second kappa shape index (κ2) is 4.34. The summed E-state index contributed by atoms with van der Waals surface area (Å²) in [4.78, 5) is 56.8. The Hall–Kier alpha value is -2.44. The Morgan fingerprint density at radius 2 is 1.25 bits per heavy atom. The number of hydrogen-bond acceptors (Lipinski definition) is 4. The Bertz CT molecular complexity index is 697. The van der Waals surface area contributed by atoms with Gasteiger partial charge in [-0.05, 0) is 6.42 Å². The van der Waals surface area contributed by atoms with Crippen molar-refractivity contribution < 1.29 is 19.2 Å². The van der Waals surface area contributed by atoms with Crippen molar-refractivity contribution in [1.29, 1.82) is 0 Å². The zero-order valence-corrected chi connectivity index (χ0v) is 13.9. The summed E-state index contributed by atoms with van der Waals surface area (Å²) in [5, 5.41) is 0. The molecule has 2 saturated heterocycles. The first kappa shape index (κ1) is 15.1. The summed E-state index contributed by atoms with van der Waals surface area (Å²) in [7, 11) is 3.25. The van der Waals surface area contributed by atoms with Crippen molar-refractivity contribution in [3.05, 3.63) is 24.3 Å². The van der Waals surface area contributed by atoms with Crippen molar-refractivity contribution in [1.82, 2.24) is 14.7 Å². The lowest BCUT2D eigenvalue weighted by Gasteiger charge is -2.53. The van der Waals surface area contributed by atoms with Crippen LogP contribution in [0.5, 0.6) is 0 Å². The van der Waals surface area contributed by atoms with E-state index in [4.69, 9.17) is 0 Å². The predicted molar refractivity (Wildman–Crippen MR) is 83.3 cm³/mol. The maximum Gasteiger partial charge on any atom is 0.250 e. The van der Waals surface area contributed by atoms with Gasteiger partial charge in [0.2, 0.25) is 11.8 Å². The standard InChI is InChI=1S/C17H19N3O4/c1-4-9-20-14(23)16-7-5-10(18(2)12(16)21)11-6-8-17(16,15(20)24)13(22)19(11)3/h5-8,10-11H,4,9H2,1-3H3/t10-,11-,16-,17-/m0/s1. The van der Waals surface area contributed by atoms with E-state index in [0.29, 0.717) is 6.42 Å². The Kier molecular flexibility index (Phi) is 2.73. The summed E-state index contributed by atoms with van der Waals surface area (Å²) < 4.78 is 0. The first-order valence-electron chi connectivity index (χ1n) is 8.14. The average Bonchev–Trinajstić information content (AvgIpc) is 2.70. The molecule has 126 valence electrons. The van der Waals surface area contributed by atoms with Gasteiger partial charge in [0.1, 0.15) is 0 Å². The zero-order valence-electron chi connectivity index (χ0n) is 13.9. The lowest BCUT2D eigenvalue weighted by atomic mass is 9.58. The van der Waals surface area contributed by atoms with Gasteiger partial charge in [-0.25, -0.2) is 0 Å². The summed E-state index contributed by atoms with van der Waals surface area (Å²) in [6.45, 7) is 2.04. The van der Waals surface area contributed by atoms with Crippen molar-refractivity contribution in [2.75, 3.05) is 20.6 Å². The number of likely N-dealkylation sites (N-methyl/N-ethyl adjacent to an activating group) is 2. The minimum atomic E-state index is -1.79. The quantitative estimate of drug-likeness (QED) is 0.390. The van der Waals surface area contributed by atoms with E-state index in [1.54, 1.807) is 26.2 Å². The van der Waals surface area contributed by atoms with E-state index in [9.17, 15) is 19.2 Å². The van der Waals surface area contributed by atoms with Gasteiger partial charge in [-0.1, -0.05) is 31.2 Å². The Balaban J connectivity index is 2.08. The molecule has 0 aromatic rings. The van der Waals surface area contributed by atoms with Crippen molar-refractivity contribution in [2.24, 2.45) is 10.8 Å². The smallest absolute Gasteiger partial charge is 0.250 e. The molecule has 0 saturated carbocycles. The molecule has 7 aliphatic rings. The fourth-order valence-corrected chi connectivity index (χ4v) is 4.61. The number of amides is 4. The third-order valence-corrected chi connectivity index (χ3v) is 5.88. The summed E-state index contributed by atoms with van der Waals surface area (Å²) in [5.41, 5.74) is -3.59. The molecular weight excluding hydrogens is 310 g/mol. The molecule has 4 amide bonds. The third kappa shape index (κ3) is 1.25. The molecule has 7 nitrogen and oxygen atoms in total. The van der Waals surface area contributed by atoms with E-state index in [-0.39, 0.29) is 18.6 Å². The number of imide groups is 1. The van der Waals surface area contributed by atoms with E-state index in [1.165, 1.54) is 22.0 Å². The summed E-state index contributed by atoms with van der Waals surface area (Å²) in [6.07, 6.45) is 7.16. The lowest BCUT2D eigenvalue weighted by molar-refractivity contribution is -0.168. The Labute approximate surface area is 139 Å². The summed E-state index contributed by atoms with van der Waals surface area (Å²) >= 11 is 0. The summed E-state index contributed by atoms with van der Waals surface area (Å²) in [6, 6.07) is -0.676. The number of hydrogen-bond donors (Lipinski definition) is 0. The highest BCUT2D eigenvalue weighted by Gasteiger charge is 2.78. The van der Waals surface area contributed by atoms with Crippen LogP contribution in [0.25, 0.3) is 0 Å². The summed E-state index contributed by atoms with van der Waals surface area (Å²) in [5.74, 6) is -2.12. The fourth-order valence-electron chi connectivity index (χ4n) is 4.61. The number of carbonyl (C=O) groups excluding carboxylic acids is 4. The van der Waals surface area contributed by atoms with Crippen LogP contribution in [0.1, 0.15) is 13.3 Å². The molecule has 2 fully saturated rings. The van der Waals surface area contributed by atoms with Crippen molar-refractivity contribution >= 4 is 23.6 Å². The molecule has 4 bridgehead atoms. The first-order chi connectivity index (χ1) is 11.3. The minimum absolute atomic E-state index is 0.198. The van der Waals surface area contributed by atoms with Gasteiger partial charge in [0.25, 0.3) is 11.8 Å². The van der Waals surface area contributed by atoms with Gasteiger partial charge < -0.3 is 9.80 Å². The minimum Gasteiger partial charge on any atom is -0.336 e. The van der Waals surface area contributed by atoms with Crippen LogP contribution in [0.3, 0.4) is 0 Å². The molecule has 0 radical (unpaired) electrons. The first-order valence-corrected chi connectivity index (χ1v) is 8.14. The topological polar surface area (TPSA) is 78.0 Å². The maximum absolute atomic E-state index is 13.2. The van der Waals surface area contributed by atoms with Gasteiger partial charge in [-0.3, -0.25) is 24.1 Å². The van der Waals surface area contributed by atoms with Gasteiger partial charge in [-0.2, -0.15) is 0 Å². The highest BCUT2D eigenvalue weighted by atomic mass is 16.2. The molecule has 4 atom stereocenters. The van der Waals surface area contributed by atoms with Crippen molar-refractivity contribution in [3.8, 4) is 0 Å². The molecule has 0 unspecified atom stereocenters. The molecule has 0 aromatic carbocycles. The highest BCUT2D eigenvalue weighted by Crippen LogP contribution is 2.57. The molecule has 24 heavy (non-hydrogen) atoms. The lowest BCUT2D eigenvalue weighted by Crippen LogP contribution is -2.70. The van der Waals surface area contributed by atoms with E-state index in [1.807, 2.05) is 6.92 Å². The van der Waals surface area contributed by atoms with Crippen LogP contribution in [-0.4, -0.2) is 71.1 Å². The average molecular weight is 329 g/mol. The highest BCUT2D eigenvalue weighted by molar-refractivity contribution is 6.30. The molecule has 0 aromatic heterocycles. The number of rotatable bonds is 2. The molecule has 7 heteroatoms. The van der Waals surface area contributed by atoms with E-state index < -0.39 is 34.5 Å². The second-order valence-corrected chi connectivity index (χ2v) is 6.91. The molecule has 0 N–H and O–H groups in total. The van der Waals surface area contributed by atoms with Gasteiger partial charge in [-0.15, -0.1) is 0 Å². The molecule has 6 aliphatic heterocycles. The van der Waals surface area contributed by atoms with Crippen LogP contribution in [0, 0.1) is 10.8 Å². The Morgan fingerprint density at radius 1 is 0.833 bits per heavy atom. The molecule has 2 spiro atoms. The molecule has 7 rings (SSSR count). The fraction of sp³-hybridized carbons (Fsp3) is 0.529. The van der Waals surface area contributed by atoms with E-state index in [2.05, 4.69) is 0 Å². The molecule has 6 heterocycles. The largest absolute Gasteiger partial charge is 0.336 e. The van der Waals surface area contributed by atoms with Crippen LogP contribution in [0.15, 0.2) is 24.3 Å². The van der Waals surface area contributed by atoms with Crippen LogP contribution in [0.4, 0.5) is 0 Å². The van der Waals surface area contributed by atoms with Crippen LogP contribution < -0.4 is 0 Å². The second-order valence-electron chi connectivity index (χ2n) is 6.91. The van der Waals surface area contributed by atoms with Gasteiger partial charge in [0.05, 0.1) is 12.1 Å². The Morgan fingerprint density at radius 3 is 1.62 bits per heavy atom. The van der Waals surface area contributed by atoms with Gasteiger partial charge in [0, 0.05) is 20.6 Å². The SMILES string of the molecule is CCCN1C(=O)[C@@]23C=C[C@@H]([C@@H]4C=C[C@@]2(C1=O)C(=O)N4C)N(C)C3=O. The van der Waals surface area contributed by atoms with Crippen LogP contribution >= 0.6 is 0 Å². The van der Waals surface area contributed by atoms with Crippen LogP contribution in [0.2, 0.25) is 0 Å². The van der Waals surface area contributed by atoms with Gasteiger partial charge in [0.15, 0.2) is 10.8 Å². The molecular formula is C17H19N3O4. The zero-order chi connectivity index (χ0) is 17.4. The number of carbonyl (C=O) groups is 4. The van der Waals surface area contributed by atoms with Crippen LogP contribution in [-0.2, 0) is 19.2 Å². The van der Waals surface area contributed by atoms with Crippen molar-refractivity contribution in [2.45, 2.75) is 25.4 Å². The van der Waals surface area contributed by atoms with Gasteiger partial charge >= 0.3 is 0 Å². The van der Waals surface area contributed by atoms with E-state index in [0.717, 1.165) is 4.90 Å². The third-order valence-electron chi connectivity index (χ3n) is 5.88. The number of likely N-dealkylation sites (tertiary alicyclic amines) is 1. The normalized spacial score (nSPS) is 39.9. The van der Waals surface area contributed by atoms with Crippen molar-refractivity contribution in [3.63, 3.8) is 0 Å². The molecule has 1 aliphatic carbocycles. The maximum atomic E-state index is 13.2. The predicted octanol–water partition coefficient (Wildman–Crippen LogP) is -0.455. The van der Waals surface area contributed by atoms with E-state index >= 15 is 0 Å². The monoisotopic (exact) mass is 329 g/mol.